The Hall–Kier alpha value is -3.35. The molecule has 0 spiro atoms. The van der Waals surface area contributed by atoms with Gasteiger partial charge in [0, 0.05) is 31.4 Å². The van der Waals surface area contributed by atoms with E-state index in [9.17, 15) is 5.11 Å². The topological polar surface area (TPSA) is 75.0 Å². The van der Waals surface area contributed by atoms with Crippen LogP contribution in [0.25, 0.3) is 11.4 Å². The summed E-state index contributed by atoms with van der Waals surface area (Å²) in [6.07, 6.45) is 4.48. The predicted molar refractivity (Wildman–Crippen MR) is 104 cm³/mol. The Balaban J connectivity index is 1.72. The highest BCUT2D eigenvalue weighted by Gasteiger charge is 2.19. The average Bonchev–Trinajstić information content (AvgIpc) is 3.04. The molecular weight excluding hydrogens is 360 g/mol. The van der Waals surface area contributed by atoms with E-state index in [1.54, 1.807) is 19.4 Å². The second-order valence-corrected chi connectivity index (χ2v) is 6.43. The van der Waals surface area contributed by atoms with Gasteiger partial charge in [-0.25, -0.2) is 4.98 Å². The molecular formula is C21H22N2O5. The minimum atomic E-state index is 0.113. The highest BCUT2D eigenvalue weighted by molar-refractivity contribution is 5.70. The van der Waals surface area contributed by atoms with Crippen LogP contribution < -0.4 is 18.9 Å². The Morgan fingerprint density at radius 1 is 1.04 bits per heavy atom. The molecule has 0 unspecified atom stereocenters. The molecule has 0 radical (unpaired) electrons. The molecule has 1 aromatic heterocycles. The molecule has 0 saturated heterocycles. The summed E-state index contributed by atoms with van der Waals surface area (Å²) in [7, 11) is 3.16. The smallest absolute Gasteiger partial charge is 0.164 e. The molecule has 1 aliphatic rings. The van der Waals surface area contributed by atoms with Crippen LogP contribution in [0.5, 0.6) is 28.7 Å². The number of methoxy groups -OCH3 is 2. The molecule has 3 aromatic rings. The molecule has 1 N–H and O–H groups in total. The molecule has 0 bridgehead atoms. The summed E-state index contributed by atoms with van der Waals surface area (Å²) in [5.74, 6) is 3.34. The van der Waals surface area contributed by atoms with Gasteiger partial charge in [0.25, 0.3) is 0 Å². The van der Waals surface area contributed by atoms with Gasteiger partial charge in [0.05, 0.1) is 33.0 Å². The van der Waals surface area contributed by atoms with Crippen molar-refractivity contribution in [1.82, 2.24) is 9.55 Å². The number of hydrogen-bond acceptors (Lipinski definition) is 6. The number of aromatic hydroxyl groups is 1. The maximum Gasteiger partial charge on any atom is 0.164 e. The lowest BCUT2D eigenvalue weighted by Crippen LogP contribution is -2.03. The molecule has 2 heterocycles. The fraction of sp³-hybridized carbons (Fsp3) is 0.286. The van der Waals surface area contributed by atoms with E-state index in [1.807, 2.05) is 35.0 Å². The van der Waals surface area contributed by atoms with Crippen LogP contribution in [0.15, 0.2) is 42.7 Å². The molecule has 4 rings (SSSR count). The van der Waals surface area contributed by atoms with E-state index in [0.29, 0.717) is 42.8 Å². The monoisotopic (exact) mass is 382 g/mol. The fourth-order valence-electron chi connectivity index (χ4n) is 3.23. The van der Waals surface area contributed by atoms with Crippen LogP contribution in [0.1, 0.15) is 12.0 Å². The minimum Gasteiger partial charge on any atom is -0.504 e. The number of hydrogen-bond donors (Lipinski definition) is 1. The SMILES string of the molecule is COc1cc(Cn2ccnc2-c2cc3c(cc2OC)OCCCO3)ccc1O. The van der Waals surface area contributed by atoms with E-state index in [1.165, 1.54) is 7.11 Å². The van der Waals surface area contributed by atoms with Gasteiger partial charge < -0.3 is 28.6 Å². The second-order valence-electron chi connectivity index (χ2n) is 6.43. The maximum absolute atomic E-state index is 9.81. The minimum absolute atomic E-state index is 0.113. The van der Waals surface area contributed by atoms with Gasteiger partial charge in [-0.3, -0.25) is 0 Å². The fourth-order valence-corrected chi connectivity index (χ4v) is 3.23. The van der Waals surface area contributed by atoms with Gasteiger partial charge in [0.1, 0.15) is 11.6 Å². The van der Waals surface area contributed by atoms with Crippen LogP contribution in [0, 0.1) is 0 Å². The van der Waals surface area contributed by atoms with E-state index in [0.717, 1.165) is 23.4 Å². The van der Waals surface area contributed by atoms with Crippen molar-refractivity contribution < 1.29 is 24.1 Å². The van der Waals surface area contributed by atoms with Crippen LogP contribution in [-0.2, 0) is 6.54 Å². The lowest BCUT2D eigenvalue weighted by atomic mass is 10.1. The van der Waals surface area contributed by atoms with Crippen LogP contribution in [0.4, 0.5) is 0 Å². The summed E-state index contributed by atoms with van der Waals surface area (Å²) in [5, 5.41) is 9.81. The van der Waals surface area contributed by atoms with Crippen molar-refractivity contribution in [2.45, 2.75) is 13.0 Å². The number of ether oxygens (including phenoxy) is 4. The maximum atomic E-state index is 9.81. The Kier molecular flexibility index (Phi) is 4.97. The molecule has 28 heavy (non-hydrogen) atoms. The Morgan fingerprint density at radius 2 is 1.79 bits per heavy atom. The summed E-state index contributed by atoms with van der Waals surface area (Å²) in [6.45, 7) is 1.79. The van der Waals surface area contributed by atoms with Crippen LogP contribution >= 0.6 is 0 Å². The van der Waals surface area contributed by atoms with Gasteiger partial charge in [-0.2, -0.15) is 0 Å². The van der Waals surface area contributed by atoms with Crippen LogP contribution in [0.3, 0.4) is 0 Å². The third kappa shape index (κ3) is 3.43. The Labute approximate surface area is 163 Å². The number of nitrogens with zero attached hydrogens (tertiary/aromatic N) is 2. The second kappa shape index (κ2) is 7.72. The summed E-state index contributed by atoms with van der Waals surface area (Å²) < 4.78 is 24.4. The van der Waals surface area contributed by atoms with Crippen molar-refractivity contribution in [3.05, 3.63) is 48.3 Å². The number of phenols is 1. The van der Waals surface area contributed by atoms with Gasteiger partial charge >= 0.3 is 0 Å². The molecule has 7 heteroatoms. The summed E-state index contributed by atoms with van der Waals surface area (Å²) >= 11 is 0. The summed E-state index contributed by atoms with van der Waals surface area (Å²) in [5.41, 5.74) is 1.80. The number of imidazole rings is 1. The molecule has 7 nitrogen and oxygen atoms in total. The van der Waals surface area contributed by atoms with E-state index in [2.05, 4.69) is 4.98 Å². The third-order valence-electron chi connectivity index (χ3n) is 4.62. The van der Waals surface area contributed by atoms with Gasteiger partial charge in [-0.05, 0) is 23.8 Å². The van der Waals surface area contributed by atoms with E-state index < -0.39 is 0 Å². The number of fused-ring (bicyclic) bond motifs is 1. The largest absolute Gasteiger partial charge is 0.504 e. The quantitative estimate of drug-likeness (QED) is 0.728. The first-order valence-corrected chi connectivity index (χ1v) is 9.04. The predicted octanol–water partition coefficient (Wildman–Crippen LogP) is 3.48. The molecule has 0 aliphatic carbocycles. The van der Waals surface area contributed by atoms with Crippen LogP contribution in [-0.4, -0.2) is 42.1 Å². The lowest BCUT2D eigenvalue weighted by molar-refractivity contribution is 0.296. The zero-order valence-electron chi connectivity index (χ0n) is 15.8. The zero-order chi connectivity index (χ0) is 19.5. The summed E-state index contributed by atoms with van der Waals surface area (Å²) in [6, 6.07) is 9.05. The van der Waals surface area contributed by atoms with Crippen molar-refractivity contribution in [3.63, 3.8) is 0 Å². The molecule has 1 aliphatic heterocycles. The zero-order valence-corrected chi connectivity index (χ0v) is 15.8. The highest BCUT2D eigenvalue weighted by atomic mass is 16.5. The van der Waals surface area contributed by atoms with Crippen molar-refractivity contribution in [3.8, 4) is 40.1 Å². The van der Waals surface area contributed by atoms with Gasteiger partial charge in [-0.1, -0.05) is 6.07 Å². The number of phenolic OH excluding ortho intramolecular Hbond substituents is 1. The molecule has 0 amide bonds. The number of aromatic nitrogens is 2. The van der Waals surface area contributed by atoms with Crippen molar-refractivity contribution in [2.75, 3.05) is 27.4 Å². The molecule has 0 atom stereocenters. The van der Waals surface area contributed by atoms with E-state index >= 15 is 0 Å². The Bertz CT molecular complexity index is 983. The number of benzene rings is 2. The first-order valence-electron chi connectivity index (χ1n) is 9.04. The van der Waals surface area contributed by atoms with Crippen molar-refractivity contribution in [1.29, 1.82) is 0 Å². The van der Waals surface area contributed by atoms with Gasteiger partial charge in [-0.15, -0.1) is 0 Å². The molecule has 0 fully saturated rings. The first kappa shape index (κ1) is 18.0. The van der Waals surface area contributed by atoms with E-state index in [-0.39, 0.29) is 5.75 Å². The summed E-state index contributed by atoms with van der Waals surface area (Å²) in [4.78, 5) is 4.53. The van der Waals surface area contributed by atoms with Gasteiger partial charge in [0.2, 0.25) is 0 Å². The van der Waals surface area contributed by atoms with Crippen molar-refractivity contribution >= 4 is 0 Å². The Morgan fingerprint density at radius 3 is 2.54 bits per heavy atom. The number of rotatable bonds is 5. The normalized spacial score (nSPS) is 13.1. The van der Waals surface area contributed by atoms with Crippen LogP contribution in [0.2, 0.25) is 0 Å². The highest BCUT2D eigenvalue weighted by Crippen LogP contribution is 2.41. The van der Waals surface area contributed by atoms with Gasteiger partial charge in [0.15, 0.2) is 23.0 Å². The lowest BCUT2D eigenvalue weighted by Gasteiger charge is -2.15. The molecule has 2 aromatic carbocycles. The standard InChI is InChI=1S/C21H22N2O5/c1-25-17-12-20-19(27-8-3-9-28-20)11-15(17)21-22-6-7-23(21)13-14-4-5-16(24)18(10-14)26-2/h4-7,10-12,24H,3,8-9,13H2,1-2H3. The third-order valence-corrected chi connectivity index (χ3v) is 4.62. The molecule has 146 valence electrons. The first-order chi connectivity index (χ1) is 13.7. The molecule has 0 saturated carbocycles. The van der Waals surface area contributed by atoms with E-state index in [4.69, 9.17) is 18.9 Å². The van der Waals surface area contributed by atoms with Crippen molar-refractivity contribution in [2.24, 2.45) is 0 Å². The average molecular weight is 382 g/mol.